The average molecular weight is 349 g/mol. The molecule has 0 aromatic heterocycles. The fourth-order valence-electron chi connectivity index (χ4n) is 2.16. The van der Waals surface area contributed by atoms with Crippen molar-refractivity contribution in [2.24, 2.45) is 0 Å². The topological polar surface area (TPSA) is 58.6 Å². The van der Waals surface area contributed by atoms with Crippen molar-refractivity contribution in [1.29, 1.82) is 0 Å². The van der Waals surface area contributed by atoms with Gasteiger partial charge >= 0.3 is 0 Å². The lowest BCUT2D eigenvalue weighted by molar-refractivity contribution is 0.282. The van der Waals surface area contributed by atoms with Gasteiger partial charge in [-0.05, 0) is 25.1 Å². The summed E-state index contributed by atoms with van der Waals surface area (Å²) in [5.74, 6) is 0.369. The molecular formula is C12H17BrN2O3S. The first-order valence-corrected chi connectivity index (χ1v) is 8.26. The summed E-state index contributed by atoms with van der Waals surface area (Å²) in [4.78, 5) is 0.207. The van der Waals surface area contributed by atoms with E-state index in [0.717, 1.165) is 4.47 Å². The van der Waals surface area contributed by atoms with E-state index in [1.165, 1.54) is 11.4 Å². The summed E-state index contributed by atoms with van der Waals surface area (Å²) in [7, 11) is -2.06. The summed E-state index contributed by atoms with van der Waals surface area (Å²) in [6.07, 6.45) is 0. The van der Waals surface area contributed by atoms with E-state index in [1.807, 2.05) is 6.92 Å². The number of ether oxygens (including phenoxy) is 1. The molecule has 19 heavy (non-hydrogen) atoms. The molecule has 0 radical (unpaired) electrons. The highest BCUT2D eigenvalue weighted by atomic mass is 79.9. The van der Waals surface area contributed by atoms with Crippen molar-refractivity contribution < 1.29 is 13.2 Å². The first-order chi connectivity index (χ1) is 8.96. The molecule has 2 rings (SSSR count). The van der Waals surface area contributed by atoms with Gasteiger partial charge in [0, 0.05) is 30.1 Å². The minimum Gasteiger partial charge on any atom is -0.495 e. The molecule has 1 aromatic rings. The van der Waals surface area contributed by atoms with Gasteiger partial charge in [-0.25, -0.2) is 8.42 Å². The lowest BCUT2D eigenvalue weighted by Crippen LogP contribution is -2.52. The Balaban J connectivity index is 2.46. The van der Waals surface area contributed by atoms with Crippen molar-refractivity contribution in [3.05, 3.63) is 22.7 Å². The second-order valence-corrected chi connectivity index (χ2v) is 7.24. The van der Waals surface area contributed by atoms with Crippen molar-refractivity contribution in [2.75, 3.05) is 26.7 Å². The number of hydrogen-bond acceptors (Lipinski definition) is 4. The monoisotopic (exact) mass is 348 g/mol. The van der Waals surface area contributed by atoms with E-state index in [2.05, 4.69) is 21.2 Å². The Kier molecular flexibility index (Phi) is 4.50. The highest BCUT2D eigenvalue weighted by Crippen LogP contribution is 2.30. The van der Waals surface area contributed by atoms with Crippen LogP contribution in [0.25, 0.3) is 0 Å². The van der Waals surface area contributed by atoms with Gasteiger partial charge in [0.25, 0.3) is 0 Å². The number of benzene rings is 1. The van der Waals surface area contributed by atoms with Crippen LogP contribution in [0.5, 0.6) is 5.75 Å². The Hall–Kier alpha value is -0.630. The minimum atomic E-state index is -3.54. The molecule has 0 aliphatic carbocycles. The van der Waals surface area contributed by atoms with Gasteiger partial charge in [0.05, 0.1) is 7.11 Å². The fourth-order valence-corrected chi connectivity index (χ4v) is 4.48. The molecule has 1 saturated heterocycles. The molecule has 0 bridgehead atoms. The van der Waals surface area contributed by atoms with Crippen molar-refractivity contribution in [2.45, 2.75) is 17.9 Å². The van der Waals surface area contributed by atoms with E-state index in [9.17, 15) is 8.42 Å². The third kappa shape index (κ3) is 2.94. The maximum atomic E-state index is 12.7. The van der Waals surface area contributed by atoms with Crippen LogP contribution in [0.3, 0.4) is 0 Å². The molecule has 1 aromatic carbocycles. The number of piperazine rings is 1. The molecule has 1 N–H and O–H groups in total. The highest BCUT2D eigenvalue weighted by molar-refractivity contribution is 9.10. The lowest BCUT2D eigenvalue weighted by Gasteiger charge is -2.33. The number of nitrogens with one attached hydrogen (secondary N) is 1. The van der Waals surface area contributed by atoms with E-state index in [4.69, 9.17) is 4.74 Å². The zero-order valence-corrected chi connectivity index (χ0v) is 13.3. The average Bonchev–Trinajstić information content (AvgIpc) is 2.39. The first-order valence-electron chi connectivity index (χ1n) is 6.03. The molecule has 1 atom stereocenters. The second-order valence-electron chi connectivity index (χ2n) is 4.46. The van der Waals surface area contributed by atoms with Gasteiger partial charge in [0.2, 0.25) is 10.0 Å². The van der Waals surface area contributed by atoms with E-state index < -0.39 is 10.0 Å². The van der Waals surface area contributed by atoms with Crippen molar-refractivity contribution in [3.63, 3.8) is 0 Å². The second kappa shape index (κ2) is 5.78. The fraction of sp³-hybridized carbons (Fsp3) is 0.500. The van der Waals surface area contributed by atoms with Crippen LogP contribution in [0.15, 0.2) is 27.6 Å². The largest absolute Gasteiger partial charge is 0.495 e. The summed E-state index contributed by atoms with van der Waals surface area (Å²) in [5, 5.41) is 3.18. The van der Waals surface area contributed by atoms with Crippen LogP contribution in [-0.2, 0) is 10.0 Å². The van der Waals surface area contributed by atoms with Gasteiger partial charge in [-0.3, -0.25) is 0 Å². The maximum Gasteiger partial charge on any atom is 0.247 e. The summed E-state index contributed by atoms with van der Waals surface area (Å²) in [5.41, 5.74) is 0. The number of halogens is 1. The van der Waals surface area contributed by atoms with Crippen molar-refractivity contribution >= 4 is 26.0 Å². The van der Waals surface area contributed by atoms with Crippen LogP contribution in [-0.4, -0.2) is 45.5 Å². The predicted molar refractivity (Wildman–Crippen MR) is 76.9 cm³/mol. The quantitative estimate of drug-likeness (QED) is 0.897. The number of nitrogens with zero attached hydrogens (tertiary/aromatic N) is 1. The van der Waals surface area contributed by atoms with Crippen molar-refractivity contribution in [3.8, 4) is 5.75 Å². The molecule has 1 aliphatic heterocycles. The Morgan fingerprint density at radius 3 is 2.84 bits per heavy atom. The van der Waals surface area contributed by atoms with Crippen LogP contribution in [0, 0.1) is 0 Å². The van der Waals surface area contributed by atoms with Crippen LogP contribution >= 0.6 is 15.9 Å². The van der Waals surface area contributed by atoms with Crippen LogP contribution < -0.4 is 10.1 Å². The number of rotatable bonds is 3. The van der Waals surface area contributed by atoms with Gasteiger partial charge in [0.1, 0.15) is 10.6 Å². The third-order valence-corrected chi connectivity index (χ3v) is 5.68. The summed E-state index contributed by atoms with van der Waals surface area (Å²) < 4.78 is 32.9. The standard InChI is InChI=1S/C12H17BrN2O3S/c1-9-8-14-5-6-15(9)19(16,17)12-7-10(13)3-4-11(12)18-2/h3-4,7,9,14H,5-6,8H2,1-2H3. The molecule has 7 heteroatoms. The minimum absolute atomic E-state index is 0.0672. The smallest absolute Gasteiger partial charge is 0.247 e. The zero-order valence-electron chi connectivity index (χ0n) is 10.9. The first kappa shape index (κ1) is 14.8. The Morgan fingerprint density at radius 1 is 1.47 bits per heavy atom. The molecule has 1 unspecified atom stereocenters. The van der Waals surface area contributed by atoms with E-state index >= 15 is 0 Å². The zero-order chi connectivity index (χ0) is 14.0. The Morgan fingerprint density at radius 2 is 2.21 bits per heavy atom. The molecule has 1 fully saturated rings. The molecule has 0 spiro atoms. The SMILES string of the molecule is COc1ccc(Br)cc1S(=O)(=O)N1CCNCC1C. The van der Waals surface area contributed by atoms with E-state index in [-0.39, 0.29) is 10.9 Å². The molecule has 0 saturated carbocycles. The van der Waals surface area contributed by atoms with Gasteiger partial charge in [-0.15, -0.1) is 0 Å². The van der Waals surface area contributed by atoms with E-state index in [0.29, 0.717) is 25.4 Å². The summed E-state index contributed by atoms with van der Waals surface area (Å²) in [6, 6.07) is 4.94. The highest BCUT2D eigenvalue weighted by Gasteiger charge is 2.33. The lowest BCUT2D eigenvalue weighted by atomic mass is 10.3. The normalized spacial score (nSPS) is 21.3. The molecule has 0 amide bonds. The molecule has 1 aliphatic rings. The Labute approximate surface area is 122 Å². The van der Waals surface area contributed by atoms with Gasteiger partial charge < -0.3 is 10.1 Å². The molecule has 106 valence electrons. The molecular weight excluding hydrogens is 332 g/mol. The van der Waals surface area contributed by atoms with Crippen molar-refractivity contribution in [1.82, 2.24) is 9.62 Å². The third-order valence-electron chi connectivity index (χ3n) is 3.15. The summed E-state index contributed by atoms with van der Waals surface area (Å²) >= 11 is 3.31. The Bertz CT molecular complexity index is 562. The van der Waals surface area contributed by atoms with Crippen LogP contribution in [0.1, 0.15) is 6.92 Å². The maximum absolute atomic E-state index is 12.7. The molecule has 1 heterocycles. The van der Waals surface area contributed by atoms with Gasteiger partial charge in [-0.2, -0.15) is 4.31 Å². The number of methoxy groups -OCH3 is 1. The van der Waals surface area contributed by atoms with Crippen LogP contribution in [0.2, 0.25) is 0 Å². The van der Waals surface area contributed by atoms with Gasteiger partial charge in [-0.1, -0.05) is 15.9 Å². The predicted octanol–water partition coefficient (Wildman–Crippen LogP) is 1.44. The summed E-state index contributed by atoms with van der Waals surface area (Å²) in [6.45, 7) is 3.70. The number of sulfonamides is 1. The van der Waals surface area contributed by atoms with E-state index in [1.54, 1.807) is 18.2 Å². The van der Waals surface area contributed by atoms with Crippen LogP contribution in [0.4, 0.5) is 0 Å². The number of hydrogen-bond donors (Lipinski definition) is 1. The van der Waals surface area contributed by atoms with Gasteiger partial charge in [0.15, 0.2) is 0 Å². The molecule has 5 nitrogen and oxygen atoms in total.